The highest BCUT2D eigenvalue weighted by molar-refractivity contribution is 5.79. The van der Waals surface area contributed by atoms with Crippen LogP contribution in [0, 0.1) is 6.92 Å². The zero-order valence-corrected chi connectivity index (χ0v) is 11.7. The number of carbonyl (C=O) groups excluding carboxylic acids is 1. The molecule has 1 aromatic carbocycles. The zero-order valence-electron chi connectivity index (χ0n) is 11.7. The highest BCUT2D eigenvalue weighted by Gasteiger charge is 2.28. The first-order chi connectivity index (χ1) is 9.72. The van der Waals surface area contributed by atoms with Crippen molar-refractivity contribution in [2.45, 2.75) is 25.7 Å². The molecule has 1 saturated heterocycles. The molecule has 3 rings (SSSR count). The van der Waals surface area contributed by atoms with Gasteiger partial charge in [0, 0.05) is 19.0 Å². The van der Waals surface area contributed by atoms with Crippen LogP contribution in [0.2, 0.25) is 0 Å². The summed E-state index contributed by atoms with van der Waals surface area (Å²) in [5.41, 5.74) is 2.31. The number of amides is 1. The van der Waals surface area contributed by atoms with Crippen LogP contribution < -0.4 is 0 Å². The van der Waals surface area contributed by atoms with Gasteiger partial charge in [-0.2, -0.15) is 0 Å². The standard InChI is InChI=1S/C17H19NO2/c1-13-4-6-14(7-5-13)11-17(19)18-9-8-15(12-18)16-3-2-10-20-16/h2-7,10,15H,8-9,11-12H2,1H3. The molecule has 3 heteroatoms. The molecule has 1 amide bonds. The number of likely N-dealkylation sites (tertiary alicyclic amines) is 1. The summed E-state index contributed by atoms with van der Waals surface area (Å²) in [6.45, 7) is 3.66. The number of aryl methyl sites for hydroxylation is 1. The first-order valence-corrected chi connectivity index (χ1v) is 7.09. The Labute approximate surface area is 119 Å². The third-order valence-corrected chi connectivity index (χ3v) is 3.96. The lowest BCUT2D eigenvalue weighted by molar-refractivity contribution is -0.129. The average Bonchev–Trinajstić information content (AvgIpc) is 3.11. The molecule has 3 nitrogen and oxygen atoms in total. The fourth-order valence-electron chi connectivity index (χ4n) is 2.73. The van der Waals surface area contributed by atoms with Crippen molar-refractivity contribution in [3.63, 3.8) is 0 Å². The number of carbonyl (C=O) groups is 1. The molecule has 0 aliphatic carbocycles. The second-order valence-corrected chi connectivity index (χ2v) is 5.50. The molecule has 20 heavy (non-hydrogen) atoms. The van der Waals surface area contributed by atoms with Gasteiger partial charge in [0.25, 0.3) is 0 Å². The van der Waals surface area contributed by atoms with Crippen LogP contribution in [0.1, 0.15) is 29.2 Å². The van der Waals surface area contributed by atoms with Gasteiger partial charge in [0.1, 0.15) is 5.76 Å². The maximum Gasteiger partial charge on any atom is 0.227 e. The fourth-order valence-corrected chi connectivity index (χ4v) is 2.73. The van der Waals surface area contributed by atoms with E-state index in [1.54, 1.807) is 6.26 Å². The number of hydrogen-bond acceptors (Lipinski definition) is 2. The summed E-state index contributed by atoms with van der Waals surface area (Å²) in [7, 11) is 0. The van der Waals surface area contributed by atoms with E-state index in [1.807, 2.05) is 29.2 Å². The van der Waals surface area contributed by atoms with Gasteiger partial charge < -0.3 is 9.32 Å². The molecule has 104 valence electrons. The summed E-state index contributed by atoms with van der Waals surface area (Å²) in [5.74, 6) is 1.56. The van der Waals surface area contributed by atoms with Gasteiger partial charge in [0.2, 0.25) is 5.91 Å². The number of nitrogens with zero attached hydrogens (tertiary/aromatic N) is 1. The molecule has 0 N–H and O–H groups in total. The van der Waals surface area contributed by atoms with Gasteiger partial charge in [-0.15, -0.1) is 0 Å². The predicted molar refractivity (Wildman–Crippen MR) is 77.5 cm³/mol. The van der Waals surface area contributed by atoms with Gasteiger partial charge in [0.05, 0.1) is 12.7 Å². The third kappa shape index (κ3) is 2.77. The summed E-state index contributed by atoms with van der Waals surface area (Å²) in [5, 5.41) is 0. The maximum absolute atomic E-state index is 12.3. The van der Waals surface area contributed by atoms with E-state index >= 15 is 0 Å². The van der Waals surface area contributed by atoms with Crippen molar-refractivity contribution in [2.24, 2.45) is 0 Å². The van der Waals surface area contributed by atoms with Crippen LogP contribution in [0.5, 0.6) is 0 Å². The molecular weight excluding hydrogens is 250 g/mol. The number of hydrogen-bond donors (Lipinski definition) is 0. The number of rotatable bonds is 3. The normalized spacial score (nSPS) is 18.4. The fraction of sp³-hybridized carbons (Fsp3) is 0.353. The molecule has 1 unspecified atom stereocenters. The lowest BCUT2D eigenvalue weighted by atomic mass is 10.1. The van der Waals surface area contributed by atoms with Crippen molar-refractivity contribution in [3.05, 3.63) is 59.5 Å². The van der Waals surface area contributed by atoms with Gasteiger partial charge in [-0.1, -0.05) is 29.8 Å². The van der Waals surface area contributed by atoms with Gasteiger partial charge in [-0.3, -0.25) is 4.79 Å². The number of furan rings is 1. The lowest BCUT2D eigenvalue weighted by Gasteiger charge is -2.16. The Bertz CT molecular complexity index is 572. The lowest BCUT2D eigenvalue weighted by Crippen LogP contribution is -2.29. The first kappa shape index (κ1) is 13.0. The summed E-state index contributed by atoms with van der Waals surface area (Å²) < 4.78 is 5.44. The molecule has 2 heterocycles. The molecule has 1 fully saturated rings. The Hall–Kier alpha value is -2.03. The Balaban J connectivity index is 1.60. The Morgan fingerprint density at radius 2 is 2.10 bits per heavy atom. The Morgan fingerprint density at radius 3 is 2.80 bits per heavy atom. The summed E-state index contributed by atoms with van der Waals surface area (Å²) in [6, 6.07) is 12.1. The van der Waals surface area contributed by atoms with Crippen molar-refractivity contribution in [2.75, 3.05) is 13.1 Å². The van der Waals surface area contributed by atoms with E-state index in [1.165, 1.54) is 5.56 Å². The monoisotopic (exact) mass is 269 g/mol. The van der Waals surface area contributed by atoms with Crippen molar-refractivity contribution in [1.29, 1.82) is 0 Å². The van der Waals surface area contributed by atoms with E-state index in [9.17, 15) is 4.79 Å². The van der Waals surface area contributed by atoms with E-state index in [0.717, 1.165) is 30.8 Å². The van der Waals surface area contributed by atoms with Gasteiger partial charge >= 0.3 is 0 Å². The van der Waals surface area contributed by atoms with Crippen LogP contribution in [-0.4, -0.2) is 23.9 Å². The topological polar surface area (TPSA) is 33.5 Å². The van der Waals surface area contributed by atoms with Crippen molar-refractivity contribution >= 4 is 5.91 Å². The summed E-state index contributed by atoms with van der Waals surface area (Å²) >= 11 is 0. The van der Waals surface area contributed by atoms with E-state index in [4.69, 9.17) is 4.42 Å². The van der Waals surface area contributed by atoms with Crippen molar-refractivity contribution in [3.8, 4) is 0 Å². The quantitative estimate of drug-likeness (QED) is 0.857. The molecule has 2 aromatic rings. The molecule has 0 radical (unpaired) electrons. The van der Waals surface area contributed by atoms with E-state index in [-0.39, 0.29) is 5.91 Å². The van der Waals surface area contributed by atoms with Crippen LogP contribution in [0.3, 0.4) is 0 Å². The first-order valence-electron chi connectivity index (χ1n) is 7.09. The smallest absolute Gasteiger partial charge is 0.227 e. The Kier molecular flexibility index (Phi) is 3.59. The van der Waals surface area contributed by atoms with Gasteiger partial charge in [-0.05, 0) is 31.0 Å². The third-order valence-electron chi connectivity index (χ3n) is 3.96. The van der Waals surface area contributed by atoms with Crippen LogP contribution in [0.15, 0.2) is 47.1 Å². The minimum atomic E-state index is 0.211. The molecule has 1 aromatic heterocycles. The van der Waals surface area contributed by atoms with Gasteiger partial charge in [-0.25, -0.2) is 0 Å². The zero-order chi connectivity index (χ0) is 13.9. The van der Waals surface area contributed by atoms with Crippen molar-refractivity contribution in [1.82, 2.24) is 4.90 Å². The second-order valence-electron chi connectivity index (χ2n) is 5.50. The molecule has 0 saturated carbocycles. The van der Waals surface area contributed by atoms with Crippen LogP contribution in [0.4, 0.5) is 0 Å². The molecule has 1 atom stereocenters. The minimum absolute atomic E-state index is 0.211. The second kappa shape index (κ2) is 5.53. The van der Waals surface area contributed by atoms with E-state index in [2.05, 4.69) is 19.1 Å². The minimum Gasteiger partial charge on any atom is -0.469 e. The van der Waals surface area contributed by atoms with Crippen molar-refractivity contribution < 1.29 is 9.21 Å². The van der Waals surface area contributed by atoms with Crippen LogP contribution in [-0.2, 0) is 11.2 Å². The molecule has 0 bridgehead atoms. The maximum atomic E-state index is 12.3. The van der Waals surface area contributed by atoms with Gasteiger partial charge in [0.15, 0.2) is 0 Å². The van der Waals surface area contributed by atoms with E-state index < -0.39 is 0 Å². The Morgan fingerprint density at radius 1 is 1.30 bits per heavy atom. The summed E-state index contributed by atoms with van der Waals surface area (Å²) in [6.07, 6.45) is 3.18. The SMILES string of the molecule is Cc1ccc(CC(=O)N2CCC(c3ccco3)C2)cc1. The van der Waals surface area contributed by atoms with Crippen LogP contribution >= 0.6 is 0 Å². The number of benzene rings is 1. The highest BCUT2D eigenvalue weighted by Crippen LogP contribution is 2.27. The molecule has 1 aliphatic heterocycles. The van der Waals surface area contributed by atoms with E-state index in [0.29, 0.717) is 12.3 Å². The largest absolute Gasteiger partial charge is 0.469 e. The predicted octanol–water partition coefficient (Wildman–Crippen LogP) is 3.15. The highest BCUT2D eigenvalue weighted by atomic mass is 16.3. The summed E-state index contributed by atoms with van der Waals surface area (Å²) in [4.78, 5) is 14.3. The molecule has 1 aliphatic rings. The molecule has 0 spiro atoms. The van der Waals surface area contributed by atoms with Crippen LogP contribution in [0.25, 0.3) is 0 Å². The average molecular weight is 269 g/mol. The molecular formula is C17H19NO2.